The van der Waals surface area contributed by atoms with Crippen molar-refractivity contribution in [2.75, 3.05) is 6.61 Å². The minimum atomic E-state index is 0.174. The molecule has 64 valence electrons. The fourth-order valence-corrected chi connectivity index (χ4v) is 1.03. The Morgan fingerprint density at radius 2 is 2.18 bits per heavy atom. The highest BCUT2D eigenvalue weighted by atomic mass is 16.5. The molecule has 0 saturated carbocycles. The quantitative estimate of drug-likeness (QED) is 0.580. The maximum absolute atomic E-state index is 5.48. The van der Waals surface area contributed by atoms with Crippen LogP contribution in [-0.2, 0) is 9.47 Å². The molecule has 1 rings (SSSR count). The lowest BCUT2D eigenvalue weighted by molar-refractivity contribution is -0.0175. The van der Waals surface area contributed by atoms with Gasteiger partial charge in [0.2, 0.25) is 0 Å². The van der Waals surface area contributed by atoms with Crippen molar-refractivity contribution in [1.29, 1.82) is 0 Å². The molecule has 2 unspecified atom stereocenters. The van der Waals surface area contributed by atoms with E-state index in [9.17, 15) is 0 Å². The molecule has 0 spiro atoms. The van der Waals surface area contributed by atoms with Gasteiger partial charge < -0.3 is 9.47 Å². The van der Waals surface area contributed by atoms with Crippen molar-refractivity contribution >= 4 is 0 Å². The van der Waals surface area contributed by atoms with Gasteiger partial charge in [-0.05, 0) is 20.8 Å². The van der Waals surface area contributed by atoms with Crippen molar-refractivity contribution < 1.29 is 9.47 Å². The third kappa shape index (κ3) is 3.04. The maximum atomic E-state index is 5.48. The monoisotopic (exact) mass is 156 g/mol. The molecule has 1 aliphatic heterocycles. The summed E-state index contributed by atoms with van der Waals surface area (Å²) >= 11 is 0. The fraction of sp³-hybridized carbons (Fsp3) is 0.778. The van der Waals surface area contributed by atoms with E-state index in [4.69, 9.17) is 9.47 Å². The van der Waals surface area contributed by atoms with Crippen LogP contribution in [0.5, 0.6) is 0 Å². The van der Waals surface area contributed by atoms with Crippen LogP contribution in [0.1, 0.15) is 20.8 Å². The van der Waals surface area contributed by atoms with Gasteiger partial charge in [0.25, 0.3) is 0 Å². The van der Waals surface area contributed by atoms with E-state index in [2.05, 4.69) is 12.2 Å². The molecule has 0 amide bonds. The summed E-state index contributed by atoms with van der Waals surface area (Å²) < 4.78 is 10.9. The van der Waals surface area contributed by atoms with Gasteiger partial charge in [-0.2, -0.15) is 0 Å². The van der Waals surface area contributed by atoms with E-state index in [-0.39, 0.29) is 12.2 Å². The Bertz CT molecular complexity index is 140. The Balaban J connectivity index is 2.14. The standard InChI is InChI=1S/C9H16O2/c1-7(2)10-6-9-5-4-8(3)11-9/h4-5,7-9H,6H2,1-3H3. The van der Waals surface area contributed by atoms with E-state index in [1.54, 1.807) is 0 Å². The molecular weight excluding hydrogens is 140 g/mol. The molecule has 0 N–H and O–H groups in total. The highest BCUT2D eigenvalue weighted by Crippen LogP contribution is 2.11. The van der Waals surface area contributed by atoms with Crippen LogP contribution in [0.25, 0.3) is 0 Å². The minimum absolute atomic E-state index is 0.174. The van der Waals surface area contributed by atoms with Gasteiger partial charge in [-0.1, -0.05) is 12.2 Å². The molecule has 0 fully saturated rings. The summed E-state index contributed by atoms with van der Waals surface area (Å²) in [6, 6.07) is 0. The Labute approximate surface area is 68.2 Å². The van der Waals surface area contributed by atoms with Crippen molar-refractivity contribution in [3.63, 3.8) is 0 Å². The van der Waals surface area contributed by atoms with Crippen molar-refractivity contribution in [1.82, 2.24) is 0 Å². The Kier molecular flexibility index (Phi) is 3.09. The summed E-state index contributed by atoms with van der Waals surface area (Å²) in [4.78, 5) is 0. The second-order valence-electron chi connectivity index (χ2n) is 3.15. The van der Waals surface area contributed by atoms with Gasteiger partial charge in [0.05, 0.1) is 24.9 Å². The summed E-state index contributed by atoms with van der Waals surface area (Å²) in [6.45, 7) is 6.77. The zero-order valence-electron chi connectivity index (χ0n) is 7.41. The summed E-state index contributed by atoms with van der Waals surface area (Å²) in [5, 5.41) is 0. The highest BCUT2D eigenvalue weighted by molar-refractivity contribution is 5.00. The van der Waals surface area contributed by atoms with Gasteiger partial charge in [0, 0.05) is 0 Å². The van der Waals surface area contributed by atoms with E-state index in [1.807, 2.05) is 20.8 Å². The Hall–Kier alpha value is -0.340. The predicted molar refractivity (Wildman–Crippen MR) is 44.6 cm³/mol. The molecule has 0 bridgehead atoms. The van der Waals surface area contributed by atoms with Gasteiger partial charge in [0.1, 0.15) is 0 Å². The first kappa shape index (κ1) is 8.75. The normalized spacial score (nSPS) is 30.2. The van der Waals surface area contributed by atoms with Crippen LogP contribution in [-0.4, -0.2) is 24.9 Å². The highest BCUT2D eigenvalue weighted by Gasteiger charge is 2.15. The lowest BCUT2D eigenvalue weighted by Crippen LogP contribution is -2.18. The van der Waals surface area contributed by atoms with E-state index in [0.29, 0.717) is 12.7 Å². The molecule has 1 aliphatic rings. The van der Waals surface area contributed by atoms with Crippen LogP contribution >= 0.6 is 0 Å². The van der Waals surface area contributed by atoms with E-state index >= 15 is 0 Å². The van der Waals surface area contributed by atoms with Gasteiger partial charge in [0.15, 0.2) is 0 Å². The summed E-state index contributed by atoms with van der Waals surface area (Å²) in [6.07, 6.45) is 4.85. The molecule has 1 heterocycles. The van der Waals surface area contributed by atoms with Gasteiger partial charge in [-0.15, -0.1) is 0 Å². The lowest BCUT2D eigenvalue weighted by Gasteiger charge is -2.13. The second kappa shape index (κ2) is 3.88. The van der Waals surface area contributed by atoms with Crippen molar-refractivity contribution in [2.24, 2.45) is 0 Å². The number of rotatable bonds is 3. The Morgan fingerprint density at radius 3 is 2.64 bits per heavy atom. The largest absolute Gasteiger partial charge is 0.376 e. The Morgan fingerprint density at radius 1 is 1.45 bits per heavy atom. The third-order valence-corrected chi connectivity index (χ3v) is 1.58. The summed E-state index contributed by atoms with van der Waals surface area (Å²) in [7, 11) is 0. The van der Waals surface area contributed by atoms with Gasteiger partial charge in [-0.3, -0.25) is 0 Å². The number of ether oxygens (including phenoxy) is 2. The molecule has 0 aromatic heterocycles. The van der Waals surface area contributed by atoms with Gasteiger partial charge >= 0.3 is 0 Å². The predicted octanol–water partition coefficient (Wildman–Crippen LogP) is 1.75. The first-order valence-corrected chi connectivity index (χ1v) is 4.14. The molecule has 2 atom stereocenters. The fourth-order valence-electron chi connectivity index (χ4n) is 1.03. The van der Waals surface area contributed by atoms with Crippen LogP contribution in [0, 0.1) is 0 Å². The molecule has 11 heavy (non-hydrogen) atoms. The molecule has 0 aliphatic carbocycles. The number of hydrogen-bond acceptors (Lipinski definition) is 2. The van der Waals surface area contributed by atoms with Crippen molar-refractivity contribution in [3.8, 4) is 0 Å². The van der Waals surface area contributed by atoms with Crippen LogP contribution in [0.3, 0.4) is 0 Å². The van der Waals surface area contributed by atoms with E-state index < -0.39 is 0 Å². The van der Waals surface area contributed by atoms with Crippen LogP contribution in [0.15, 0.2) is 12.2 Å². The minimum Gasteiger partial charge on any atom is -0.376 e. The summed E-state index contributed by atoms with van der Waals surface area (Å²) in [5.41, 5.74) is 0. The molecule has 0 aromatic carbocycles. The average Bonchev–Trinajstić information content (AvgIpc) is 2.31. The molecular formula is C9H16O2. The van der Waals surface area contributed by atoms with Crippen molar-refractivity contribution in [3.05, 3.63) is 12.2 Å². The average molecular weight is 156 g/mol. The SMILES string of the molecule is CC(C)OCC1C=CC(C)O1. The van der Waals surface area contributed by atoms with Crippen molar-refractivity contribution in [2.45, 2.75) is 39.1 Å². The van der Waals surface area contributed by atoms with Crippen LogP contribution in [0.2, 0.25) is 0 Å². The molecule has 2 nitrogen and oxygen atoms in total. The summed E-state index contributed by atoms with van der Waals surface area (Å²) in [5.74, 6) is 0. The van der Waals surface area contributed by atoms with Crippen LogP contribution < -0.4 is 0 Å². The van der Waals surface area contributed by atoms with E-state index in [1.165, 1.54) is 0 Å². The second-order valence-corrected chi connectivity index (χ2v) is 3.15. The number of hydrogen-bond donors (Lipinski definition) is 0. The molecule has 2 heteroatoms. The van der Waals surface area contributed by atoms with Gasteiger partial charge in [-0.25, -0.2) is 0 Å². The molecule has 0 aromatic rings. The van der Waals surface area contributed by atoms with Crippen LogP contribution in [0.4, 0.5) is 0 Å². The zero-order valence-corrected chi connectivity index (χ0v) is 7.41. The first-order valence-electron chi connectivity index (χ1n) is 4.14. The smallest absolute Gasteiger partial charge is 0.0998 e. The third-order valence-electron chi connectivity index (χ3n) is 1.58. The van der Waals surface area contributed by atoms with E-state index in [0.717, 1.165) is 0 Å². The first-order chi connectivity index (χ1) is 5.18. The molecule has 0 saturated heterocycles. The topological polar surface area (TPSA) is 18.5 Å². The lowest BCUT2D eigenvalue weighted by atomic mass is 10.3. The molecule has 0 radical (unpaired) electrons. The maximum Gasteiger partial charge on any atom is 0.0998 e. The zero-order chi connectivity index (χ0) is 8.27.